The zero-order valence-corrected chi connectivity index (χ0v) is 24.9. The number of likely N-dealkylation sites (tertiary alicyclic amines) is 1. The highest BCUT2D eigenvalue weighted by atomic mass is 19.3. The average molecular weight is 603 g/mol. The number of nitrogens with zero attached hydrogens (tertiary/aromatic N) is 4. The summed E-state index contributed by atoms with van der Waals surface area (Å²) in [6.45, 7) is 1.80. The molecule has 0 radical (unpaired) electrons. The van der Waals surface area contributed by atoms with Crippen molar-refractivity contribution in [2.24, 2.45) is 11.8 Å². The van der Waals surface area contributed by atoms with Gasteiger partial charge < -0.3 is 10.2 Å². The number of urea groups is 1. The van der Waals surface area contributed by atoms with Crippen molar-refractivity contribution in [1.29, 1.82) is 0 Å². The van der Waals surface area contributed by atoms with Crippen molar-refractivity contribution in [3.8, 4) is 0 Å². The van der Waals surface area contributed by atoms with Gasteiger partial charge in [0.2, 0.25) is 5.91 Å². The summed E-state index contributed by atoms with van der Waals surface area (Å²) in [7, 11) is 0. The van der Waals surface area contributed by atoms with Crippen LogP contribution in [0.4, 0.5) is 19.3 Å². The number of aryl methyl sites for hydroxylation is 1. The van der Waals surface area contributed by atoms with Gasteiger partial charge in [-0.3, -0.25) is 14.9 Å². The normalized spacial score (nSPS) is 22.2. The Bertz CT molecular complexity index is 1510. The predicted octanol–water partition coefficient (Wildman–Crippen LogP) is 6.23. The van der Waals surface area contributed by atoms with E-state index < -0.39 is 6.43 Å². The second-order valence-electron chi connectivity index (χ2n) is 12.9. The summed E-state index contributed by atoms with van der Waals surface area (Å²) in [6, 6.07) is 17.9. The van der Waals surface area contributed by atoms with Crippen LogP contribution in [0.25, 0.3) is 0 Å². The number of para-hydroxylation sites is 1. The number of anilines is 1. The number of piperidine rings is 1. The Morgan fingerprint density at radius 3 is 2.48 bits per heavy atom. The van der Waals surface area contributed by atoms with Gasteiger partial charge in [-0.1, -0.05) is 42.5 Å². The van der Waals surface area contributed by atoms with Crippen LogP contribution < -0.4 is 10.7 Å². The molecule has 2 aliphatic heterocycles. The number of fused-ring (bicyclic) bond motifs is 2. The maximum absolute atomic E-state index is 13.7. The number of rotatable bonds is 6. The van der Waals surface area contributed by atoms with Crippen molar-refractivity contribution >= 4 is 17.6 Å². The van der Waals surface area contributed by atoms with Crippen LogP contribution in [0.1, 0.15) is 85.0 Å². The number of amides is 3. The van der Waals surface area contributed by atoms with Gasteiger partial charge in [0.25, 0.3) is 6.43 Å². The number of hydrazine groups is 1. The fourth-order valence-electron chi connectivity index (χ4n) is 7.40. The van der Waals surface area contributed by atoms with Crippen molar-refractivity contribution in [3.05, 3.63) is 82.7 Å². The lowest BCUT2D eigenvalue weighted by molar-refractivity contribution is -0.133. The Kier molecular flexibility index (Phi) is 7.99. The first-order chi connectivity index (χ1) is 21.4. The third-order valence-electron chi connectivity index (χ3n) is 9.98. The van der Waals surface area contributed by atoms with Crippen LogP contribution in [0.5, 0.6) is 0 Å². The zero-order valence-electron chi connectivity index (χ0n) is 24.9. The van der Waals surface area contributed by atoms with E-state index in [4.69, 9.17) is 0 Å². The van der Waals surface area contributed by atoms with Crippen molar-refractivity contribution in [3.63, 3.8) is 0 Å². The molecule has 8 nitrogen and oxygen atoms in total. The van der Waals surface area contributed by atoms with Crippen LogP contribution in [0.3, 0.4) is 0 Å². The van der Waals surface area contributed by atoms with Gasteiger partial charge in [-0.05, 0) is 92.0 Å². The third kappa shape index (κ3) is 6.03. The van der Waals surface area contributed by atoms with Crippen molar-refractivity contribution in [1.82, 2.24) is 25.0 Å². The van der Waals surface area contributed by atoms with Gasteiger partial charge in [0.05, 0.1) is 11.7 Å². The first-order valence-corrected chi connectivity index (χ1v) is 16.1. The molecule has 2 aromatic carbocycles. The third-order valence-corrected chi connectivity index (χ3v) is 9.98. The molecule has 2 atom stereocenters. The Morgan fingerprint density at radius 2 is 1.70 bits per heavy atom. The summed E-state index contributed by atoms with van der Waals surface area (Å²) >= 11 is 0. The molecule has 2 N–H and O–H groups in total. The molecular formula is C34H40F2N6O2. The summed E-state index contributed by atoms with van der Waals surface area (Å²) in [6.07, 6.45) is 4.81. The first-order valence-electron chi connectivity index (χ1n) is 16.1. The van der Waals surface area contributed by atoms with Crippen LogP contribution in [0, 0.1) is 11.8 Å². The van der Waals surface area contributed by atoms with Crippen LogP contribution in [0.15, 0.2) is 54.6 Å². The standard InChI is InChI=1S/C34H40F2N6O2/c35-33(36)30-19-31(24-12-13-24)41(39-30)21-32(43)40-16-14-22(15-17-40)26-18-25-7-2-4-10-28(25)38-42(20-26)34(44)37-29-11-5-8-23-6-1-3-9-27(23)29/h1-4,6-7,9-10,19,22,24,26,29,33,38H,5,8,11-18,20-21H2,(H,37,44). The molecule has 44 heavy (non-hydrogen) atoms. The molecule has 1 aromatic heterocycles. The monoisotopic (exact) mass is 602 g/mol. The molecule has 0 bridgehead atoms. The smallest absolute Gasteiger partial charge is 0.336 e. The summed E-state index contributed by atoms with van der Waals surface area (Å²) < 4.78 is 28.2. The Labute approximate surface area is 256 Å². The molecule has 3 heterocycles. The fraction of sp³-hybridized carbons (Fsp3) is 0.500. The highest BCUT2D eigenvalue weighted by molar-refractivity contribution is 5.77. The molecule has 1 saturated carbocycles. The average Bonchev–Trinajstić information content (AvgIpc) is 3.83. The number of hydrogen-bond acceptors (Lipinski definition) is 4. The lowest BCUT2D eigenvalue weighted by atomic mass is 9.80. The van der Waals surface area contributed by atoms with E-state index in [1.165, 1.54) is 27.4 Å². The molecule has 0 spiro atoms. The van der Waals surface area contributed by atoms with Crippen LogP contribution in [0.2, 0.25) is 0 Å². The topological polar surface area (TPSA) is 82.5 Å². The SMILES string of the molecule is O=C(Cn1nc(C(F)F)cc1C1CC1)N1CCC(C2Cc3ccccc3NN(C(=O)NC3CCCc4ccccc43)C2)CC1. The number of carbonyl (C=O) groups excluding carboxylic acids is 2. The van der Waals surface area contributed by atoms with Crippen LogP contribution in [-0.2, 0) is 24.2 Å². The largest absolute Gasteiger partial charge is 0.341 e. The predicted molar refractivity (Wildman–Crippen MR) is 163 cm³/mol. The molecule has 2 fully saturated rings. The van der Waals surface area contributed by atoms with Gasteiger partial charge in [0, 0.05) is 31.2 Å². The lowest BCUT2D eigenvalue weighted by Crippen LogP contribution is -2.48. The van der Waals surface area contributed by atoms with Crippen molar-refractivity contribution in [2.75, 3.05) is 25.1 Å². The van der Waals surface area contributed by atoms with E-state index in [1.807, 2.05) is 29.2 Å². The highest BCUT2D eigenvalue weighted by Crippen LogP contribution is 2.41. The molecule has 1 saturated heterocycles. The fourth-order valence-corrected chi connectivity index (χ4v) is 7.40. The van der Waals surface area contributed by atoms with E-state index in [9.17, 15) is 18.4 Å². The maximum atomic E-state index is 13.7. The van der Waals surface area contributed by atoms with Crippen LogP contribution >= 0.6 is 0 Å². The Morgan fingerprint density at radius 1 is 0.955 bits per heavy atom. The van der Waals surface area contributed by atoms with E-state index in [0.717, 1.165) is 62.7 Å². The number of hydrogen-bond donors (Lipinski definition) is 2. The minimum Gasteiger partial charge on any atom is -0.341 e. The van der Waals surface area contributed by atoms with E-state index >= 15 is 0 Å². The van der Waals surface area contributed by atoms with Gasteiger partial charge in [-0.2, -0.15) is 5.10 Å². The Hall–Kier alpha value is -3.95. The minimum absolute atomic E-state index is 0.00217. The number of alkyl halides is 2. The molecule has 4 aliphatic rings. The molecule has 2 aliphatic carbocycles. The van der Waals surface area contributed by atoms with Gasteiger partial charge in [0.15, 0.2) is 0 Å². The van der Waals surface area contributed by atoms with Gasteiger partial charge in [-0.25, -0.2) is 18.6 Å². The highest BCUT2D eigenvalue weighted by Gasteiger charge is 2.35. The molecule has 232 valence electrons. The van der Waals surface area contributed by atoms with E-state index in [2.05, 4.69) is 40.1 Å². The maximum Gasteiger partial charge on any atom is 0.336 e. The number of halogens is 2. The number of aromatic nitrogens is 2. The van der Waals surface area contributed by atoms with E-state index in [0.29, 0.717) is 25.6 Å². The van der Waals surface area contributed by atoms with E-state index in [-0.39, 0.29) is 42.1 Å². The molecule has 3 amide bonds. The molecule has 7 rings (SSSR count). The van der Waals surface area contributed by atoms with Gasteiger partial charge in [0.1, 0.15) is 12.2 Å². The van der Waals surface area contributed by atoms with Crippen molar-refractivity contribution in [2.45, 2.75) is 76.3 Å². The second-order valence-corrected chi connectivity index (χ2v) is 12.9. The quantitative estimate of drug-likeness (QED) is 0.351. The van der Waals surface area contributed by atoms with Crippen molar-refractivity contribution < 1.29 is 18.4 Å². The molecule has 10 heteroatoms. The number of nitrogens with one attached hydrogen (secondary N) is 2. The number of benzene rings is 2. The van der Waals surface area contributed by atoms with Gasteiger partial charge >= 0.3 is 6.03 Å². The van der Waals surface area contributed by atoms with Crippen LogP contribution in [-0.4, -0.2) is 51.3 Å². The first kappa shape index (κ1) is 28.8. The molecule has 3 aromatic rings. The minimum atomic E-state index is -2.64. The Balaban J connectivity index is 1.01. The van der Waals surface area contributed by atoms with Gasteiger partial charge in [-0.15, -0.1) is 0 Å². The lowest BCUT2D eigenvalue weighted by Gasteiger charge is -2.37. The molecular weight excluding hydrogens is 562 g/mol. The zero-order chi connectivity index (χ0) is 30.2. The van der Waals surface area contributed by atoms with E-state index in [1.54, 1.807) is 5.01 Å². The summed E-state index contributed by atoms with van der Waals surface area (Å²) in [5.74, 6) is 0.730. The summed E-state index contributed by atoms with van der Waals surface area (Å²) in [4.78, 5) is 28.9. The summed E-state index contributed by atoms with van der Waals surface area (Å²) in [5, 5.41) is 9.14. The number of carbonyl (C=O) groups is 2. The summed E-state index contributed by atoms with van der Waals surface area (Å²) in [5.41, 5.74) is 8.59. The second kappa shape index (κ2) is 12.2. The molecule has 2 unspecified atom stereocenters.